The second-order valence-electron chi connectivity index (χ2n) is 9.54. The highest BCUT2D eigenvalue weighted by atomic mass is 16.7. The molecule has 1 atom stereocenters. The molecule has 0 N–H and O–H groups in total. The van der Waals surface area contributed by atoms with Gasteiger partial charge in [-0.2, -0.15) is 0 Å². The Morgan fingerprint density at radius 1 is 0.867 bits per heavy atom. The van der Waals surface area contributed by atoms with E-state index in [4.69, 9.17) is 23.7 Å². The lowest BCUT2D eigenvalue weighted by Gasteiger charge is -2.26. The fourth-order valence-corrected chi connectivity index (χ4v) is 3.93. The molecule has 2 aliphatic rings. The molecule has 2 saturated carbocycles. The van der Waals surface area contributed by atoms with Gasteiger partial charge in [0.1, 0.15) is 19.7 Å². The van der Waals surface area contributed by atoms with Crippen LogP contribution in [-0.2, 0) is 28.5 Å². The SMILES string of the molecule is CCC(C)(C)C(=O)OC(COCOCC1CCCCC1)COCOC1CCCCC1. The standard InChI is InChI=1S/C24H44O6/c1-4-24(2,3)23(25)30-22(17-28-19-29-21-13-9-6-10-14-21)16-27-18-26-15-20-11-7-5-8-12-20/h20-22H,4-19H2,1-3H3. The van der Waals surface area contributed by atoms with E-state index in [-0.39, 0.29) is 32.8 Å². The summed E-state index contributed by atoms with van der Waals surface area (Å²) in [7, 11) is 0. The maximum absolute atomic E-state index is 12.5. The zero-order chi connectivity index (χ0) is 21.7. The summed E-state index contributed by atoms with van der Waals surface area (Å²) in [4.78, 5) is 12.5. The van der Waals surface area contributed by atoms with Crippen LogP contribution in [0, 0.1) is 11.3 Å². The molecule has 0 bridgehead atoms. The van der Waals surface area contributed by atoms with Crippen LogP contribution in [0.1, 0.15) is 91.4 Å². The summed E-state index contributed by atoms with van der Waals surface area (Å²) in [5.41, 5.74) is -0.520. The summed E-state index contributed by atoms with van der Waals surface area (Å²) in [5, 5.41) is 0. The predicted octanol–water partition coefficient (Wildman–Crippen LogP) is 5.23. The Kier molecular flexibility index (Phi) is 12.3. The maximum atomic E-state index is 12.5. The van der Waals surface area contributed by atoms with Crippen molar-refractivity contribution < 1.29 is 28.5 Å². The molecule has 2 aliphatic carbocycles. The Bertz CT molecular complexity index is 455. The van der Waals surface area contributed by atoms with Crippen LogP contribution >= 0.6 is 0 Å². The first-order valence-corrected chi connectivity index (χ1v) is 12.1. The lowest BCUT2D eigenvalue weighted by molar-refractivity contribution is -0.177. The Labute approximate surface area is 183 Å². The first-order chi connectivity index (χ1) is 14.5. The van der Waals surface area contributed by atoms with Gasteiger partial charge in [-0.25, -0.2) is 0 Å². The average molecular weight is 429 g/mol. The van der Waals surface area contributed by atoms with Crippen LogP contribution in [0.2, 0.25) is 0 Å². The van der Waals surface area contributed by atoms with Gasteiger partial charge in [0.15, 0.2) is 0 Å². The summed E-state index contributed by atoms with van der Waals surface area (Å²) >= 11 is 0. The Hall–Kier alpha value is -0.690. The Balaban J connectivity index is 1.67. The third kappa shape index (κ3) is 10.1. The molecule has 0 aromatic rings. The third-order valence-electron chi connectivity index (χ3n) is 6.50. The van der Waals surface area contributed by atoms with Gasteiger partial charge in [0.25, 0.3) is 0 Å². The maximum Gasteiger partial charge on any atom is 0.311 e. The molecule has 6 nitrogen and oxygen atoms in total. The van der Waals surface area contributed by atoms with Gasteiger partial charge >= 0.3 is 5.97 Å². The fraction of sp³-hybridized carbons (Fsp3) is 0.958. The number of ether oxygens (including phenoxy) is 5. The van der Waals surface area contributed by atoms with Gasteiger partial charge in [-0.15, -0.1) is 0 Å². The van der Waals surface area contributed by atoms with Gasteiger partial charge in [0, 0.05) is 0 Å². The van der Waals surface area contributed by atoms with Crippen molar-refractivity contribution in [2.45, 2.75) is 104 Å². The highest BCUT2D eigenvalue weighted by Crippen LogP contribution is 2.24. The van der Waals surface area contributed by atoms with Gasteiger partial charge in [0.2, 0.25) is 0 Å². The van der Waals surface area contributed by atoms with Crippen LogP contribution in [-0.4, -0.2) is 51.6 Å². The molecule has 176 valence electrons. The van der Waals surface area contributed by atoms with E-state index < -0.39 is 11.5 Å². The molecule has 0 amide bonds. The molecule has 0 radical (unpaired) electrons. The topological polar surface area (TPSA) is 63.2 Å². The van der Waals surface area contributed by atoms with Crippen molar-refractivity contribution in [1.29, 1.82) is 0 Å². The minimum Gasteiger partial charge on any atom is -0.457 e. The predicted molar refractivity (Wildman–Crippen MR) is 116 cm³/mol. The minimum atomic E-state index is -0.520. The molecule has 0 aliphatic heterocycles. The van der Waals surface area contributed by atoms with Crippen LogP contribution < -0.4 is 0 Å². The van der Waals surface area contributed by atoms with Crippen molar-refractivity contribution in [3.05, 3.63) is 0 Å². The van der Waals surface area contributed by atoms with Gasteiger partial charge in [-0.05, 0) is 51.9 Å². The smallest absolute Gasteiger partial charge is 0.311 e. The van der Waals surface area contributed by atoms with Crippen LogP contribution in [0.15, 0.2) is 0 Å². The molecular weight excluding hydrogens is 384 g/mol. The second kappa shape index (κ2) is 14.4. The van der Waals surface area contributed by atoms with Crippen LogP contribution in [0.4, 0.5) is 0 Å². The van der Waals surface area contributed by atoms with E-state index in [1.165, 1.54) is 51.4 Å². The van der Waals surface area contributed by atoms with E-state index in [9.17, 15) is 4.79 Å². The molecule has 0 heterocycles. The molecule has 2 fully saturated rings. The highest BCUT2D eigenvalue weighted by molar-refractivity contribution is 5.76. The molecule has 0 aromatic carbocycles. The van der Waals surface area contributed by atoms with E-state index in [1.54, 1.807) is 0 Å². The van der Waals surface area contributed by atoms with Crippen molar-refractivity contribution in [3.8, 4) is 0 Å². The summed E-state index contributed by atoms with van der Waals surface area (Å²) < 4.78 is 28.5. The zero-order valence-electron chi connectivity index (χ0n) is 19.5. The summed E-state index contributed by atoms with van der Waals surface area (Å²) in [6.07, 6.45) is 13.0. The van der Waals surface area contributed by atoms with Crippen molar-refractivity contribution >= 4 is 5.97 Å². The van der Waals surface area contributed by atoms with Crippen molar-refractivity contribution in [2.24, 2.45) is 11.3 Å². The molecule has 0 spiro atoms. The second-order valence-corrected chi connectivity index (χ2v) is 9.54. The molecule has 2 rings (SSSR count). The Morgan fingerprint density at radius 2 is 1.47 bits per heavy atom. The van der Waals surface area contributed by atoms with Gasteiger partial charge in [-0.3, -0.25) is 4.79 Å². The van der Waals surface area contributed by atoms with Crippen molar-refractivity contribution in [3.63, 3.8) is 0 Å². The Morgan fingerprint density at radius 3 is 2.10 bits per heavy atom. The van der Waals surface area contributed by atoms with Gasteiger partial charge in [-0.1, -0.05) is 45.4 Å². The molecule has 1 unspecified atom stereocenters. The summed E-state index contributed by atoms with van der Waals surface area (Å²) in [6, 6.07) is 0. The molecular formula is C24H44O6. The zero-order valence-corrected chi connectivity index (χ0v) is 19.5. The first-order valence-electron chi connectivity index (χ1n) is 12.1. The molecule has 30 heavy (non-hydrogen) atoms. The fourth-order valence-electron chi connectivity index (χ4n) is 3.93. The van der Waals surface area contributed by atoms with Crippen LogP contribution in [0.5, 0.6) is 0 Å². The lowest BCUT2D eigenvalue weighted by atomic mass is 9.90. The summed E-state index contributed by atoms with van der Waals surface area (Å²) in [6.45, 7) is 7.51. The van der Waals surface area contributed by atoms with Crippen molar-refractivity contribution in [2.75, 3.05) is 33.4 Å². The summed E-state index contributed by atoms with van der Waals surface area (Å²) in [5.74, 6) is 0.431. The quantitative estimate of drug-likeness (QED) is 0.214. The number of rotatable bonds is 14. The van der Waals surface area contributed by atoms with Crippen LogP contribution in [0.3, 0.4) is 0 Å². The highest BCUT2D eigenvalue weighted by Gasteiger charge is 2.30. The van der Waals surface area contributed by atoms with E-state index in [0.29, 0.717) is 12.0 Å². The number of carbonyl (C=O) groups excluding carboxylic acids is 1. The average Bonchev–Trinajstić information content (AvgIpc) is 2.77. The third-order valence-corrected chi connectivity index (χ3v) is 6.50. The largest absolute Gasteiger partial charge is 0.457 e. The molecule has 0 aromatic heterocycles. The number of hydrogen-bond donors (Lipinski definition) is 0. The number of esters is 1. The van der Waals surface area contributed by atoms with E-state index in [1.807, 2.05) is 20.8 Å². The lowest BCUT2D eigenvalue weighted by Crippen LogP contribution is -2.35. The normalized spacial score (nSPS) is 20.2. The van der Waals surface area contributed by atoms with Crippen LogP contribution in [0.25, 0.3) is 0 Å². The van der Waals surface area contributed by atoms with Gasteiger partial charge < -0.3 is 23.7 Å². The number of carbonyl (C=O) groups is 1. The van der Waals surface area contributed by atoms with E-state index in [0.717, 1.165) is 25.9 Å². The van der Waals surface area contributed by atoms with Crippen molar-refractivity contribution in [1.82, 2.24) is 0 Å². The monoisotopic (exact) mass is 428 g/mol. The molecule has 6 heteroatoms. The van der Waals surface area contributed by atoms with E-state index >= 15 is 0 Å². The molecule has 0 saturated heterocycles. The van der Waals surface area contributed by atoms with Gasteiger partial charge in [0.05, 0.1) is 31.3 Å². The first kappa shape index (κ1) is 25.6. The minimum absolute atomic E-state index is 0.223. The van der Waals surface area contributed by atoms with E-state index in [2.05, 4.69) is 0 Å². The number of hydrogen-bond acceptors (Lipinski definition) is 6.